The van der Waals surface area contributed by atoms with Crippen molar-refractivity contribution in [2.45, 2.75) is 20.3 Å². The van der Waals surface area contributed by atoms with E-state index in [1.807, 2.05) is 32.0 Å². The fraction of sp³-hybridized carbons (Fsp3) is 0.286. The Morgan fingerprint density at radius 1 is 1.22 bits per heavy atom. The van der Waals surface area contributed by atoms with Gasteiger partial charge in [-0.3, -0.25) is 4.79 Å². The summed E-state index contributed by atoms with van der Waals surface area (Å²) >= 11 is 0. The fourth-order valence-electron chi connectivity index (χ4n) is 1.23. The molecule has 0 aromatic heterocycles. The van der Waals surface area contributed by atoms with Crippen LogP contribution in [0.1, 0.15) is 25.8 Å². The summed E-state index contributed by atoms with van der Waals surface area (Å²) in [6.07, 6.45) is 1.17. The fourth-order valence-corrected chi connectivity index (χ4v) is 1.23. The number of aliphatic carboxylic acids is 1. The first kappa shape index (κ1) is 15.9. The van der Waals surface area contributed by atoms with Gasteiger partial charge in [0, 0.05) is 5.57 Å². The highest BCUT2D eigenvalue weighted by Gasteiger charge is 2.13. The zero-order chi connectivity index (χ0) is 14.0. The van der Waals surface area contributed by atoms with Crippen LogP contribution in [0.2, 0.25) is 0 Å². The lowest BCUT2D eigenvalue weighted by atomic mass is 10.1. The molecule has 0 unspecified atom stereocenters. The Hall–Kier alpha value is -2.10. The Labute approximate surface area is 107 Å². The number of benzene rings is 1. The Morgan fingerprint density at radius 2 is 1.78 bits per heavy atom. The molecular formula is C14H18O4. The van der Waals surface area contributed by atoms with Crippen LogP contribution in [0.4, 0.5) is 0 Å². The van der Waals surface area contributed by atoms with Gasteiger partial charge in [-0.1, -0.05) is 44.2 Å². The zero-order valence-corrected chi connectivity index (χ0v) is 10.8. The highest BCUT2D eigenvalue weighted by atomic mass is 16.5. The van der Waals surface area contributed by atoms with E-state index in [2.05, 4.69) is 4.74 Å². The van der Waals surface area contributed by atoms with E-state index < -0.39 is 11.9 Å². The van der Waals surface area contributed by atoms with Crippen LogP contribution in [0.15, 0.2) is 35.9 Å². The van der Waals surface area contributed by atoms with Gasteiger partial charge in [0.05, 0.1) is 13.5 Å². The number of carboxylic acid groups (broad SMARTS) is 1. The van der Waals surface area contributed by atoms with E-state index in [0.29, 0.717) is 0 Å². The standard InChI is InChI=1S/C12H12O4.C2H6/c1-16-12(15)10(8-11(13)14)7-9-5-3-2-4-6-9;1-2/h2-7H,8H2,1H3,(H,13,14);1-2H3/b10-7+;. The smallest absolute Gasteiger partial charge is 0.334 e. The Kier molecular flexibility index (Phi) is 7.94. The van der Waals surface area contributed by atoms with E-state index in [1.54, 1.807) is 12.1 Å². The first-order chi connectivity index (χ1) is 8.63. The number of methoxy groups -OCH3 is 1. The van der Waals surface area contributed by atoms with Gasteiger partial charge in [-0.05, 0) is 11.6 Å². The lowest BCUT2D eigenvalue weighted by molar-refractivity contribution is -0.141. The molecule has 0 fully saturated rings. The molecule has 0 atom stereocenters. The number of carbonyl (C=O) groups is 2. The monoisotopic (exact) mass is 250 g/mol. The lowest BCUT2D eigenvalue weighted by Crippen LogP contribution is -2.09. The second kappa shape index (κ2) is 8.98. The van der Waals surface area contributed by atoms with Crippen molar-refractivity contribution >= 4 is 18.0 Å². The van der Waals surface area contributed by atoms with Crippen LogP contribution in [0.5, 0.6) is 0 Å². The number of esters is 1. The summed E-state index contributed by atoms with van der Waals surface area (Å²) in [4.78, 5) is 21.9. The molecule has 0 spiro atoms. The van der Waals surface area contributed by atoms with Crippen LogP contribution in [0.3, 0.4) is 0 Å². The van der Waals surface area contributed by atoms with Crippen LogP contribution < -0.4 is 0 Å². The predicted molar refractivity (Wildman–Crippen MR) is 70.0 cm³/mol. The molecule has 1 aromatic carbocycles. The molecule has 0 aliphatic rings. The predicted octanol–water partition coefficient (Wildman–Crippen LogP) is 2.74. The van der Waals surface area contributed by atoms with Gasteiger partial charge in [0.2, 0.25) is 0 Å². The molecule has 1 N–H and O–H groups in total. The van der Waals surface area contributed by atoms with Crippen LogP contribution in [-0.2, 0) is 14.3 Å². The second-order valence-corrected chi connectivity index (χ2v) is 3.14. The highest BCUT2D eigenvalue weighted by molar-refractivity contribution is 5.97. The summed E-state index contributed by atoms with van der Waals surface area (Å²) in [6, 6.07) is 9.02. The van der Waals surface area contributed by atoms with E-state index in [9.17, 15) is 9.59 Å². The van der Waals surface area contributed by atoms with Crippen LogP contribution in [0, 0.1) is 0 Å². The van der Waals surface area contributed by atoms with Gasteiger partial charge in [0.1, 0.15) is 0 Å². The van der Waals surface area contributed by atoms with Gasteiger partial charge in [-0.15, -0.1) is 0 Å². The molecule has 0 saturated carbocycles. The Balaban J connectivity index is 0.00000137. The van der Waals surface area contributed by atoms with Gasteiger partial charge < -0.3 is 9.84 Å². The summed E-state index contributed by atoms with van der Waals surface area (Å²) in [6.45, 7) is 4.00. The number of hydrogen-bond donors (Lipinski definition) is 1. The number of ether oxygens (including phenoxy) is 1. The molecule has 18 heavy (non-hydrogen) atoms. The van der Waals surface area contributed by atoms with Gasteiger partial charge in [0.15, 0.2) is 0 Å². The maximum absolute atomic E-state index is 11.3. The number of carbonyl (C=O) groups excluding carboxylic acids is 1. The van der Waals surface area contributed by atoms with Crippen LogP contribution in [-0.4, -0.2) is 24.2 Å². The van der Waals surface area contributed by atoms with Crippen molar-refractivity contribution in [3.8, 4) is 0 Å². The third-order valence-corrected chi connectivity index (χ3v) is 1.93. The third-order valence-electron chi connectivity index (χ3n) is 1.93. The highest BCUT2D eigenvalue weighted by Crippen LogP contribution is 2.11. The quantitative estimate of drug-likeness (QED) is 0.659. The largest absolute Gasteiger partial charge is 0.481 e. The van der Waals surface area contributed by atoms with Crippen molar-refractivity contribution in [2.24, 2.45) is 0 Å². The average Bonchev–Trinajstić information content (AvgIpc) is 2.40. The molecule has 4 heteroatoms. The third kappa shape index (κ3) is 5.84. The van der Waals surface area contributed by atoms with Crippen LogP contribution >= 0.6 is 0 Å². The Morgan fingerprint density at radius 3 is 2.22 bits per heavy atom. The summed E-state index contributed by atoms with van der Waals surface area (Å²) in [5.41, 5.74) is 0.894. The molecule has 1 rings (SSSR count). The molecule has 0 aliphatic carbocycles. The van der Waals surface area contributed by atoms with Crippen molar-refractivity contribution < 1.29 is 19.4 Å². The maximum Gasteiger partial charge on any atom is 0.334 e. The van der Waals surface area contributed by atoms with E-state index in [4.69, 9.17) is 5.11 Å². The van der Waals surface area contributed by atoms with Crippen molar-refractivity contribution in [3.63, 3.8) is 0 Å². The van der Waals surface area contributed by atoms with E-state index in [-0.39, 0.29) is 12.0 Å². The number of rotatable bonds is 4. The first-order valence-corrected chi connectivity index (χ1v) is 5.69. The van der Waals surface area contributed by atoms with Gasteiger partial charge in [0.25, 0.3) is 0 Å². The SMILES string of the molecule is CC.COC(=O)/C(=C/c1ccccc1)CC(=O)O. The van der Waals surface area contributed by atoms with Crippen LogP contribution in [0.25, 0.3) is 6.08 Å². The van der Waals surface area contributed by atoms with Gasteiger partial charge >= 0.3 is 11.9 Å². The molecular weight excluding hydrogens is 232 g/mol. The molecule has 0 radical (unpaired) electrons. The molecule has 0 amide bonds. The summed E-state index contributed by atoms with van der Waals surface area (Å²) in [5.74, 6) is -1.68. The minimum Gasteiger partial charge on any atom is -0.481 e. The van der Waals surface area contributed by atoms with Crippen molar-refractivity contribution in [1.29, 1.82) is 0 Å². The maximum atomic E-state index is 11.3. The number of hydrogen-bond acceptors (Lipinski definition) is 3. The molecule has 4 nitrogen and oxygen atoms in total. The zero-order valence-electron chi connectivity index (χ0n) is 10.8. The minimum atomic E-state index is -1.06. The van der Waals surface area contributed by atoms with E-state index >= 15 is 0 Å². The van der Waals surface area contributed by atoms with Crippen molar-refractivity contribution in [1.82, 2.24) is 0 Å². The van der Waals surface area contributed by atoms with Gasteiger partial charge in [-0.25, -0.2) is 4.79 Å². The molecule has 0 bridgehead atoms. The molecule has 1 aromatic rings. The second-order valence-electron chi connectivity index (χ2n) is 3.14. The average molecular weight is 250 g/mol. The summed E-state index contributed by atoms with van der Waals surface area (Å²) in [5, 5.41) is 8.66. The van der Waals surface area contributed by atoms with E-state index in [1.165, 1.54) is 13.2 Å². The van der Waals surface area contributed by atoms with Crippen molar-refractivity contribution in [3.05, 3.63) is 41.5 Å². The first-order valence-electron chi connectivity index (χ1n) is 5.69. The number of carboxylic acids is 1. The summed E-state index contributed by atoms with van der Waals surface area (Å²) in [7, 11) is 1.23. The minimum absolute atomic E-state index is 0.126. The molecule has 0 aliphatic heterocycles. The van der Waals surface area contributed by atoms with E-state index in [0.717, 1.165) is 5.56 Å². The van der Waals surface area contributed by atoms with Crippen molar-refractivity contribution in [2.75, 3.05) is 7.11 Å². The normalized spacial score (nSPS) is 10.1. The topological polar surface area (TPSA) is 63.6 Å². The summed E-state index contributed by atoms with van der Waals surface area (Å²) < 4.78 is 4.51. The van der Waals surface area contributed by atoms with Gasteiger partial charge in [-0.2, -0.15) is 0 Å². The Bertz CT molecular complexity index is 407. The lowest BCUT2D eigenvalue weighted by Gasteiger charge is -2.02. The molecule has 0 heterocycles. The molecule has 0 saturated heterocycles. The molecule has 98 valence electrons.